The van der Waals surface area contributed by atoms with Crippen LogP contribution in [0.15, 0.2) is 53.9 Å². The molecule has 1 aliphatic rings. The Bertz CT molecular complexity index is 1320. The fourth-order valence-electron chi connectivity index (χ4n) is 4.51. The zero-order valence-corrected chi connectivity index (χ0v) is 24.5. The van der Waals surface area contributed by atoms with Crippen LogP contribution in [0.2, 0.25) is 5.02 Å². The van der Waals surface area contributed by atoms with Crippen LogP contribution in [0.1, 0.15) is 29.9 Å². The Labute approximate surface area is 243 Å². The first kappa shape index (κ1) is 29.4. The molecule has 0 atom stereocenters. The van der Waals surface area contributed by atoms with Gasteiger partial charge < -0.3 is 24.8 Å². The summed E-state index contributed by atoms with van der Waals surface area (Å²) >= 11 is 7.38. The van der Waals surface area contributed by atoms with E-state index in [1.807, 2.05) is 43.0 Å². The van der Waals surface area contributed by atoms with Crippen LogP contribution in [-0.2, 0) is 16.0 Å². The number of halogens is 1. The molecular formula is C29H34ClN5O4S. The molecule has 0 radical (unpaired) electrons. The summed E-state index contributed by atoms with van der Waals surface area (Å²) in [6.45, 7) is 7.01. The first-order chi connectivity index (χ1) is 19.2. The number of carbonyl (C=O) groups is 3. The molecule has 40 heavy (non-hydrogen) atoms. The molecule has 2 aromatic carbocycles. The van der Waals surface area contributed by atoms with Gasteiger partial charge in [0.1, 0.15) is 12.3 Å². The Balaban J connectivity index is 1.29. The number of ether oxygens (including phenoxy) is 1. The van der Waals surface area contributed by atoms with E-state index in [0.29, 0.717) is 46.8 Å². The summed E-state index contributed by atoms with van der Waals surface area (Å²) in [5.41, 5.74) is 2.14. The highest BCUT2D eigenvalue weighted by atomic mass is 35.5. The molecule has 0 bridgehead atoms. The number of nitrogens with one attached hydrogen (secondary N) is 1. The minimum atomic E-state index is -0.341. The van der Waals surface area contributed by atoms with Crippen molar-refractivity contribution >= 4 is 51.5 Å². The summed E-state index contributed by atoms with van der Waals surface area (Å²) in [5.74, 6) is 0.267. The molecule has 0 unspecified atom stereocenters. The summed E-state index contributed by atoms with van der Waals surface area (Å²) in [5, 5.41) is 5.66. The molecule has 1 saturated heterocycles. The quantitative estimate of drug-likeness (QED) is 0.379. The number of piperazine rings is 1. The predicted octanol–water partition coefficient (Wildman–Crippen LogP) is 4.43. The van der Waals surface area contributed by atoms with Crippen molar-refractivity contribution in [3.05, 3.63) is 70.2 Å². The lowest BCUT2D eigenvalue weighted by atomic mass is 10.1. The van der Waals surface area contributed by atoms with E-state index < -0.39 is 0 Å². The molecule has 1 N–H and O–H groups in total. The number of methoxy groups -OCH3 is 1. The van der Waals surface area contributed by atoms with E-state index in [1.54, 1.807) is 36.8 Å². The number of amides is 3. The summed E-state index contributed by atoms with van der Waals surface area (Å²) < 4.78 is 5.17. The zero-order chi connectivity index (χ0) is 28.6. The molecule has 0 saturated carbocycles. The smallest absolute Gasteiger partial charge is 0.254 e. The van der Waals surface area contributed by atoms with Gasteiger partial charge in [-0.25, -0.2) is 4.98 Å². The van der Waals surface area contributed by atoms with Gasteiger partial charge >= 0.3 is 0 Å². The Morgan fingerprint density at radius 2 is 1.82 bits per heavy atom. The molecule has 0 spiro atoms. The van der Waals surface area contributed by atoms with Gasteiger partial charge in [-0.15, -0.1) is 11.3 Å². The van der Waals surface area contributed by atoms with Crippen molar-refractivity contribution in [2.24, 2.45) is 5.92 Å². The lowest BCUT2D eigenvalue weighted by Crippen LogP contribution is -2.49. The lowest BCUT2D eigenvalue weighted by molar-refractivity contribution is -0.130. The normalized spacial score (nSPS) is 13.3. The predicted molar refractivity (Wildman–Crippen MR) is 158 cm³/mol. The van der Waals surface area contributed by atoms with Crippen LogP contribution < -0.4 is 15.0 Å². The fraction of sp³-hybridized carbons (Fsp3) is 0.379. The third-order valence-corrected chi connectivity index (χ3v) is 7.52. The van der Waals surface area contributed by atoms with E-state index in [4.69, 9.17) is 16.3 Å². The number of nitrogens with zero attached hydrogens (tertiary/aromatic N) is 4. The standard InChI is InChI=1S/C29H34ClN5O4S/c1-20(2)17-35(28(38)21-7-9-25(39-3)10-8-21)18-26(36)32-29-31-23(19-40-29)16-27(37)34-13-11-33(12-14-34)24-6-4-5-22(30)15-24/h4-10,15,19-20H,11-14,16-18H2,1-3H3,(H,31,32,36). The van der Waals surface area contributed by atoms with Gasteiger partial charge in [-0.2, -0.15) is 0 Å². The Morgan fingerprint density at radius 1 is 1.10 bits per heavy atom. The first-order valence-corrected chi connectivity index (χ1v) is 14.4. The molecule has 212 valence electrons. The lowest BCUT2D eigenvalue weighted by Gasteiger charge is -2.36. The fourth-order valence-corrected chi connectivity index (χ4v) is 5.42. The van der Waals surface area contributed by atoms with Gasteiger partial charge in [0.05, 0.1) is 19.2 Å². The second-order valence-electron chi connectivity index (χ2n) is 10.0. The van der Waals surface area contributed by atoms with Crippen LogP contribution in [0.3, 0.4) is 0 Å². The highest BCUT2D eigenvalue weighted by Gasteiger charge is 2.23. The summed E-state index contributed by atoms with van der Waals surface area (Å²) in [6, 6.07) is 14.5. The van der Waals surface area contributed by atoms with Crippen LogP contribution in [-0.4, -0.2) is 78.9 Å². The average molecular weight is 584 g/mol. The van der Waals surface area contributed by atoms with Crippen molar-refractivity contribution in [2.45, 2.75) is 20.3 Å². The number of hydrogen-bond acceptors (Lipinski definition) is 7. The third kappa shape index (κ3) is 7.95. The van der Waals surface area contributed by atoms with E-state index in [1.165, 1.54) is 16.2 Å². The second-order valence-corrected chi connectivity index (χ2v) is 11.3. The van der Waals surface area contributed by atoms with Gasteiger partial charge in [0, 0.05) is 54.4 Å². The number of thiazole rings is 1. The largest absolute Gasteiger partial charge is 0.497 e. The van der Waals surface area contributed by atoms with Crippen LogP contribution >= 0.6 is 22.9 Å². The van der Waals surface area contributed by atoms with E-state index in [-0.39, 0.29) is 36.6 Å². The minimum absolute atomic E-state index is 0.00196. The number of hydrogen-bond donors (Lipinski definition) is 1. The van der Waals surface area contributed by atoms with Crippen molar-refractivity contribution < 1.29 is 19.1 Å². The molecule has 1 aliphatic heterocycles. The van der Waals surface area contributed by atoms with E-state index in [0.717, 1.165) is 18.8 Å². The van der Waals surface area contributed by atoms with Gasteiger partial charge in [-0.1, -0.05) is 31.5 Å². The maximum atomic E-state index is 13.1. The second kappa shape index (κ2) is 13.6. The maximum absolute atomic E-state index is 13.1. The minimum Gasteiger partial charge on any atom is -0.497 e. The number of anilines is 2. The van der Waals surface area contributed by atoms with Crippen LogP contribution in [0, 0.1) is 5.92 Å². The third-order valence-electron chi connectivity index (χ3n) is 6.48. The monoisotopic (exact) mass is 583 g/mol. The van der Waals surface area contributed by atoms with Crippen molar-refractivity contribution in [2.75, 3.05) is 56.6 Å². The number of benzene rings is 2. The number of carbonyl (C=O) groups excluding carboxylic acids is 3. The Morgan fingerprint density at radius 3 is 2.48 bits per heavy atom. The van der Waals surface area contributed by atoms with Gasteiger partial charge in [-0.05, 0) is 48.4 Å². The highest BCUT2D eigenvalue weighted by Crippen LogP contribution is 2.22. The van der Waals surface area contributed by atoms with E-state index in [2.05, 4.69) is 15.2 Å². The molecule has 1 fully saturated rings. The van der Waals surface area contributed by atoms with E-state index in [9.17, 15) is 14.4 Å². The van der Waals surface area contributed by atoms with Gasteiger partial charge in [0.25, 0.3) is 5.91 Å². The maximum Gasteiger partial charge on any atom is 0.254 e. The van der Waals surface area contributed by atoms with Crippen LogP contribution in [0.5, 0.6) is 5.75 Å². The van der Waals surface area contributed by atoms with Crippen molar-refractivity contribution in [1.29, 1.82) is 0 Å². The van der Waals surface area contributed by atoms with Gasteiger partial charge in [0.2, 0.25) is 11.8 Å². The summed E-state index contributed by atoms with van der Waals surface area (Å²) in [6.07, 6.45) is 0.166. The Hall–Kier alpha value is -3.63. The van der Waals surface area contributed by atoms with Gasteiger partial charge in [-0.3, -0.25) is 14.4 Å². The van der Waals surface area contributed by atoms with Crippen LogP contribution in [0.4, 0.5) is 10.8 Å². The first-order valence-electron chi connectivity index (χ1n) is 13.2. The summed E-state index contributed by atoms with van der Waals surface area (Å²) in [4.78, 5) is 48.9. The molecule has 11 heteroatoms. The molecule has 1 aromatic heterocycles. The molecule has 2 heterocycles. The number of rotatable bonds is 10. The summed E-state index contributed by atoms with van der Waals surface area (Å²) in [7, 11) is 1.57. The van der Waals surface area contributed by atoms with Crippen LogP contribution in [0.25, 0.3) is 0 Å². The van der Waals surface area contributed by atoms with Crippen molar-refractivity contribution in [3.63, 3.8) is 0 Å². The molecule has 0 aliphatic carbocycles. The Kier molecular flexibility index (Phi) is 10.0. The van der Waals surface area contributed by atoms with E-state index >= 15 is 0 Å². The molecule has 4 rings (SSSR count). The van der Waals surface area contributed by atoms with Gasteiger partial charge in [0.15, 0.2) is 5.13 Å². The molecular weight excluding hydrogens is 550 g/mol. The van der Waals surface area contributed by atoms with Crippen molar-refractivity contribution in [3.8, 4) is 5.75 Å². The molecule has 3 aromatic rings. The SMILES string of the molecule is COc1ccc(C(=O)N(CC(=O)Nc2nc(CC(=O)N3CCN(c4cccc(Cl)c4)CC3)cs2)CC(C)C)cc1. The topological polar surface area (TPSA) is 95.1 Å². The number of aromatic nitrogens is 1. The zero-order valence-electron chi connectivity index (χ0n) is 22.9. The highest BCUT2D eigenvalue weighted by molar-refractivity contribution is 7.13. The van der Waals surface area contributed by atoms with Crippen molar-refractivity contribution in [1.82, 2.24) is 14.8 Å². The molecule has 3 amide bonds. The average Bonchev–Trinajstić information content (AvgIpc) is 3.38. The molecule has 9 nitrogen and oxygen atoms in total.